The third-order valence-corrected chi connectivity index (χ3v) is 4.33. The molecule has 2 heteroatoms. The Morgan fingerprint density at radius 1 is 0.696 bits per heavy atom. The Balaban J connectivity index is 1.75. The van der Waals surface area contributed by atoms with Crippen molar-refractivity contribution >= 4 is 11.0 Å². The Morgan fingerprint density at radius 3 is 2.13 bits per heavy atom. The molecular weight excluding hydrogens is 280 g/mol. The second kappa shape index (κ2) is 5.40. The largest absolute Gasteiger partial charge is 0.338 e. The third kappa shape index (κ3) is 2.42. The summed E-state index contributed by atoms with van der Waals surface area (Å²) in [4.78, 5) is 8.16. The van der Waals surface area contributed by atoms with E-state index in [-0.39, 0.29) is 0 Å². The topological polar surface area (TPSA) is 28.7 Å². The normalized spacial score (nSPS) is 11.0. The van der Waals surface area contributed by atoms with Crippen LogP contribution >= 0.6 is 0 Å². The highest BCUT2D eigenvalue weighted by molar-refractivity contribution is 5.82. The fourth-order valence-corrected chi connectivity index (χ4v) is 3.02. The Hall–Kier alpha value is -2.87. The molecule has 0 bridgehead atoms. The summed E-state index contributed by atoms with van der Waals surface area (Å²) in [6.45, 7) is 4.24. The lowest BCUT2D eigenvalue weighted by atomic mass is 9.99. The van der Waals surface area contributed by atoms with E-state index >= 15 is 0 Å². The van der Waals surface area contributed by atoms with E-state index in [0.717, 1.165) is 22.4 Å². The van der Waals surface area contributed by atoms with Crippen LogP contribution in [0.3, 0.4) is 0 Å². The monoisotopic (exact) mass is 298 g/mol. The maximum atomic E-state index is 4.75. The molecule has 0 amide bonds. The highest BCUT2D eigenvalue weighted by Crippen LogP contribution is 2.27. The van der Waals surface area contributed by atoms with E-state index < -0.39 is 0 Å². The van der Waals surface area contributed by atoms with Crippen molar-refractivity contribution in [1.29, 1.82) is 0 Å². The molecule has 4 rings (SSSR count). The van der Waals surface area contributed by atoms with Gasteiger partial charge >= 0.3 is 0 Å². The molecule has 0 saturated carbocycles. The standard InChI is InChI=1S/C21H18N2/c1-14-6-3-4-8-18(14)16-10-12-17(13-11-16)21-22-19-9-5-7-15(2)20(19)23-21/h3-13H,1-2H3,(H,22,23). The summed E-state index contributed by atoms with van der Waals surface area (Å²) < 4.78 is 0. The van der Waals surface area contributed by atoms with Gasteiger partial charge in [0, 0.05) is 5.56 Å². The van der Waals surface area contributed by atoms with Gasteiger partial charge in [-0.15, -0.1) is 0 Å². The molecule has 112 valence electrons. The smallest absolute Gasteiger partial charge is 0.138 e. The van der Waals surface area contributed by atoms with Gasteiger partial charge in [-0.05, 0) is 42.2 Å². The van der Waals surface area contributed by atoms with Crippen LogP contribution in [0.5, 0.6) is 0 Å². The molecule has 0 saturated heterocycles. The van der Waals surface area contributed by atoms with Crippen LogP contribution in [0.2, 0.25) is 0 Å². The molecule has 0 radical (unpaired) electrons. The first-order valence-electron chi connectivity index (χ1n) is 7.84. The lowest BCUT2D eigenvalue weighted by Crippen LogP contribution is -1.84. The number of H-pyrrole nitrogens is 1. The first kappa shape index (κ1) is 13.8. The number of fused-ring (bicyclic) bond motifs is 1. The van der Waals surface area contributed by atoms with Gasteiger partial charge in [0.05, 0.1) is 11.0 Å². The summed E-state index contributed by atoms with van der Waals surface area (Å²) in [5.41, 5.74) is 8.24. The lowest BCUT2D eigenvalue weighted by Gasteiger charge is -2.06. The number of para-hydroxylation sites is 1. The van der Waals surface area contributed by atoms with Gasteiger partial charge in [0.15, 0.2) is 0 Å². The highest BCUT2D eigenvalue weighted by Gasteiger charge is 2.07. The van der Waals surface area contributed by atoms with Gasteiger partial charge in [-0.2, -0.15) is 0 Å². The zero-order valence-electron chi connectivity index (χ0n) is 13.3. The van der Waals surface area contributed by atoms with Crippen LogP contribution in [-0.2, 0) is 0 Å². The zero-order valence-corrected chi connectivity index (χ0v) is 13.3. The number of aryl methyl sites for hydroxylation is 2. The van der Waals surface area contributed by atoms with Gasteiger partial charge in [0.1, 0.15) is 5.82 Å². The molecule has 1 N–H and O–H groups in total. The molecular formula is C21H18N2. The van der Waals surface area contributed by atoms with Gasteiger partial charge < -0.3 is 4.98 Å². The number of imidazole rings is 1. The zero-order chi connectivity index (χ0) is 15.8. The molecule has 0 atom stereocenters. The Kier molecular flexibility index (Phi) is 3.23. The molecule has 0 fully saturated rings. The maximum Gasteiger partial charge on any atom is 0.138 e. The molecule has 0 aliphatic heterocycles. The van der Waals surface area contributed by atoms with Crippen LogP contribution < -0.4 is 0 Å². The first-order chi connectivity index (χ1) is 11.2. The Labute approximate surface area is 135 Å². The van der Waals surface area contributed by atoms with E-state index in [4.69, 9.17) is 4.98 Å². The number of hydrogen-bond acceptors (Lipinski definition) is 1. The van der Waals surface area contributed by atoms with Crippen LogP contribution in [0, 0.1) is 13.8 Å². The number of nitrogens with one attached hydrogen (secondary N) is 1. The second-order valence-electron chi connectivity index (χ2n) is 5.95. The van der Waals surface area contributed by atoms with Crippen molar-refractivity contribution in [3.8, 4) is 22.5 Å². The quantitative estimate of drug-likeness (QED) is 0.519. The molecule has 23 heavy (non-hydrogen) atoms. The minimum absolute atomic E-state index is 0.922. The van der Waals surface area contributed by atoms with Crippen molar-refractivity contribution in [3.05, 3.63) is 77.9 Å². The first-order valence-corrected chi connectivity index (χ1v) is 7.84. The van der Waals surface area contributed by atoms with Crippen LogP contribution in [0.15, 0.2) is 66.7 Å². The van der Waals surface area contributed by atoms with Crippen molar-refractivity contribution in [1.82, 2.24) is 9.97 Å². The summed E-state index contributed by atoms with van der Waals surface area (Å²) >= 11 is 0. The van der Waals surface area contributed by atoms with Gasteiger partial charge in [-0.1, -0.05) is 60.7 Å². The van der Waals surface area contributed by atoms with Crippen LogP contribution in [0.1, 0.15) is 11.1 Å². The van der Waals surface area contributed by atoms with Crippen molar-refractivity contribution in [2.24, 2.45) is 0 Å². The van der Waals surface area contributed by atoms with Gasteiger partial charge in [-0.25, -0.2) is 4.98 Å². The van der Waals surface area contributed by atoms with Crippen molar-refractivity contribution in [2.45, 2.75) is 13.8 Å². The Morgan fingerprint density at radius 2 is 1.39 bits per heavy atom. The molecule has 1 aromatic heterocycles. The third-order valence-electron chi connectivity index (χ3n) is 4.33. The van der Waals surface area contributed by atoms with Crippen LogP contribution in [0.4, 0.5) is 0 Å². The minimum atomic E-state index is 0.922. The summed E-state index contributed by atoms with van der Waals surface area (Å²) in [6.07, 6.45) is 0. The van der Waals surface area contributed by atoms with E-state index in [9.17, 15) is 0 Å². The summed E-state index contributed by atoms with van der Waals surface area (Å²) in [6, 6.07) is 23.3. The second-order valence-corrected chi connectivity index (χ2v) is 5.95. The predicted molar refractivity (Wildman–Crippen MR) is 96.4 cm³/mol. The van der Waals surface area contributed by atoms with E-state index in [1.807, 2.05) is 0 Å². The van der Waals surface area contributed by atoms with Crippen LogP contribution in [0.25, 0.3) is 33.5 Å². The Bertz CT molecular complexity index is 978. The van der Waals surface area contributed by atoms with E-state index in [0.29, 0.717) is 0 Å². The SMILES string of the molecule is Cc1ccccc1-c1ccc(-c2nc3c(C)cccc3[nH]2)cc1. The fraction of sp³-hybridized carbons (Fsp3) is 0.0952. The summed E-state index contributed by atoms with van der Waals surface area (Å²) in [7, 11) is 0. The molecule has 2 nitrogen and oxygen atoms in total. The molecule has 4 aromatic rings. The maximum absolute atomic E-state index is 4.75. The molecule has 0 unspecified atom stereocenters. The molecule has 0 aliphatic carbocycles. The average molecular weight is 298 g/mol. The number of aromatic amines is 1. The number of aromatic nitrogens is 2. The number of rotatable bonds is 2. The number of nitrogens with zero attached hydrogens (tertiary/aromatic N) is 1. The molecule has 0 aliphatic rings. The van der Waals surface area contributed by atoms with Gasteiger partial charge in [0.2, 0.25) is 0 Å². The summed E-state index contributed by atoms with van der Waals surface area (Å²) in [5.74, 6) is 0.922. The lowest BCUT2D eigenvalue weighted by molar-refractivity contribution is 1.33. The number of hydrogen-bond donors (Lipinski definition) is 1. The van der Waals surface area contributed by atoms with Crippen molar-refractivity contribution in [2.75, 3.05) is 0 Å². The van der Waals surface area contributed by atoms with E-state index in [1.165, 1.54) is 22.3 Å². The number of benzene rings is 3. The van der Waals surface area contributed by atoms with Crippen LogP contribution in [-0.4, -0.2) is 9.97 Å². The van der Waals surface area contributed by atoms with Gasteiger partial charge in [-0.3, -0.25) is 0 Å². The minimum Gasteiger partial charge on any atom is -0.338 e. The van der Waals surface area contributed by atoms with Crippen molar-refractivity contribution in [3.63, 3.8) is 0 Å². The van der Waals surface area contributed by atoms with E-state index in [2.05, 4.69) is 85.6 Å². The predicted octanol–water partition coefficient (Wildman–Crippen LogP) is 5.51. The highest BCUT2D eigenvalue weighted by atomic mass is 14.9. The fourth-order valence-electron chi connectivity index (χ4n) is 3.02. The van der Waals surface area contributed by atoms with E-state index in [1.54, 1.807) is 0 Å². The average Bonchev–Trinajstić information content (AvgIpc) is 3.01. The van der Waals surface area contributed by atoms with Gasteiger partial charge in [0.25, 0.3) is 0 Å². The summed E-state index contributed by atoms with van der Waals surface area (Å²) in [5, 5.41) is 0. The molecule has 1 heterocycles. The molecule has 3 aromatic carbocycles. The van der Waals surface area contributed by atoms with Crippen molar-refractivity contribution < 1.29 is 0 Å². The molecule has 0 spiro atoms.